The maximum absolute atomic E-state index is 11.2. The highest BCUT2D eigenvalue weighted by Gasteiger charge is 2.09. The Morgan fingerprint density at radius 3 is 2.73 bits per heavy atom. The third kappa shape index (κ3) is 3.25. The molecule has 1 aromatic heterocycles. The number of urea groups is 1. The van der Waals surface area contributed by atoms with Crippen LogP contribution >= 0.6 is 11.6 Å². The van der Waals surface area contributed by atoms with Gasteiger partial charge in [0.15, 0.2) is 0 Å². The molecule has 1 rings (SSSR count). The SMILES string of the molecule is Cc1nn(C)cc1NC(=O)NC(=O)CCl. The van der Waals surface area contributed by atoms with Gasteiger partial charge in [-0.25, -0.2) is 4.79 Å². The van der Waals surface area contributed by atoms with Gasteiger partial charge in [-0.2, -0.15) is 5.10 Å². The summed E-state index contributed by atoms with van der Waals surface area (Å²) in [5, 5.41) is 8.57. The van der Waals surface area contributed by atoms with Crippen molar-refractivity contribution in [3.63, 3.8) is 0 Å². The molecular weight excluding hydrogens is 220 g/mol. The van der Waals surface area contributed by atoms with Crippen LogP contribution < -0.4 is 10.6 Å². The summed E-state index contributed by atoms with van der Waals surface area (Å²) in [5.74, 6) is -0.796. The quantitative estimate of drug-likeness (QED) is 0.731. The van der Waals surface area contributed by atoms with Crippen LogP contribution in [0.4, 0.5) is 10.5 Å². The lowest BCUT2D eigenvalue weighted by Crippen LogP contribution is -2.35. The van der Waals surface area contributed by atoms with E-state index in [0.717, 1.165) is 0 Å². The number of nitrogens with zero attached hydrogens (tertiary/aromatic N) is 2. The molecule has 0 aliphatic rings. The first-order valence-electron chi connectivity index (χ1n) is 4.20. The van der Waals surface area contributed by atoms with Gasteiger partial charge in [-0.05, 0) is 6.92 Å². The number of nitrogens with one attached hydrogen (secondary N) is 2. The van der Waals surface area contributed by atoms with Crippen LogP contribution in [-0.4, -0.2) is 27.6 Å². The molecule has 0 fully saturated rings. The zero-order chi connectivity index (χ0) is 11.4. The number of aromatic nitrogens is 2. The fraction of sp³-hybridized carbons (Fsp3) is 0.375. The van der Waals surface area contributed by atoms with Crippen molar-refractivity contribution in [1.29, 1.82) is 0 Å². The van der Waals surface area contributed by atoms with Crippen molar-refractivity contribution in [3.05, 3.63) is 11.9 Å². The van der Waals surface area contributed by atoms with Gasteiger partial charge in [-0.15, -0.1) is 11.6 Å². The second kappa shape index (κ2) is 4.79. The van der Waals surface area contributed by atoms with Gasteiger partial charge in [0.05, 0.1) is 11.4 Å². The highest BCUT2D eigenvalue weighted by Crippen LogP contribution is 2.10. The molecule has 0 saturated heterocycles. The number of hydrogen-bond acceptors (Lipinski definition) is 3. The molecule has 0 aromatic carbocycles. The van der Waals surface area contributed by atoms with Crippen molar-refractivity contribution in [2.75, 3.05) is 11.2 Å². The average Bonchev–Trinajstić information content (AvgIpc) is 2.44. The van der Waals surface area contributed by atoms with E-state index in [1.807, 2.05) is 0 Å². The van der Waals surface area contributed by atoms with Crippen LogP contribution in [0.2, 0.25) is 0 Å². The maximum Gasteiger partial charge on any atom is 0.326 e. The predicted octanol–water partition coefficient (Wildman–Crippen LogP) is 0.615. The summed E-state index contributed by atoms with van der Waals surface area (Å²) >= 11 is 5.23. The van der Waals surface area contributed by atoms with Crippen LogP contribution in [0, 0.1) is 6.92 Å². The fourth-order valence-corrected chi connectivity index (χ4v) is 1.10. The van der Waals surface area contributed by atoms with Crippen molar-refractivity contribution in [3.8, 4) is 0 Å². The number of imide groups is 1. The Hall–Kier alpha value is -1.56. The van der Waals surface area contributed by atoms with Gasteiger partial charge in [0.2, 0.25) is 5.91 Å². The van der Waals surface area contributed by atoms with Gasteiger partial charge >= 0.3 is 6.03 Å². The molecule has 2 N–H and O–H groups in total. The van der Waals surface area contributed by atoms with Gasteiger partial charge in [0, 0.05) is 13.2 Å². The second-order valence-electron chi connectivity index (χ2n) is 2.94. The molecule has 0 atom stereocenters. The van der Waals surface area contributed by atoms with Gasteiger partial charge < -0.3 is 5.32 Å². The molecule has 1 heterocycles. The van der Waals surface area contributed by atoms with Gasteiger partial charge in [-0.1, -0.05) is 0 Å². The number of anilines is 1. The van der Waals surface area contributed by atoms with Crippen LogP contribution in [0.5, 0.6) is 0 Å². The summed E-state index contributed by atoms with van der Waals surface area (Å²) < 4.78 is 1.56. The molecule has 0 radical (unpaired) electrons. The van der Waals surface area contributed by atoms with E-state index in [4.69, 9.17) is 11.6 Å². The smallest absolute Gasteiger partial charge is 0.304 e. The van der Waals surface area contributed by atoms with Crippen LogP contribution in [0.3, 0.4) is 0 Å². The van der Waals surface area contributed by atoms with Crippen LogP contribution in [-0.2, 0) is 11.8 Å². The van der Waals surface area contributed by atoms with E-state index in [1.54, 1.807) is 24.9 Å². The average molecular weight is 231 g/mol. The monoisotopic (exact) mass is 230 g/mol. The molecule has 0 bridgehead atoms. The minimum absolute atomic E-state index is 0.251. The maximum atomic E-state index is 11.2. The van der Waals surface area contributed by atoms with Gasteiger partial charge in [0.1, 0.15) is 5.88 Å². The number of aryl methyl sites for hydroxylation is 2. The summed E-state index contributed by atoms with van der Waals surface area (Å²) in [6, 6.07) is -0.614. The molecule has 0 aliphatic carbocycles. The van der Waals surface area contributed by atoms with E-state index < -0.39 is 11.9 Å². The Morgan fingerprint density at radius 2 is 2.27 bits per heavy atom. The Kier molecular flexibility index (Phi) is 3.68. The van der Waals surface area contributed by atoms with Crippen molar-refractivity contribution in [2.45, 2.75) is 6.92 Å². The third-order valence-electron chi connectivity index (χ3n) is 1.64. The summed E-state index contributed by atoms with van der Waals surface area (Å²) in [6.07, 6.45) is 1.64. The number of amides is 3. The lowest BCUT2D eigenvalue weighted by atomic mass is 10.4. The number of alkyl halides is 1. The standard InChI is InChI=1S/C8H11ClN4O2/c1-5-6(4-13(2)12-5)10-8(15)11-7(14)3-9/h4H,3H2,1-2H3,(H2,10,11,14,15). The Balaban J connectivity index is 2.58. The molecule has 0 aliphatic heterocycles. The molecule has 6 nitrogen and oxygen atoms in total. The normalized spacial score (nSPS) is 9.80. The van der Waals surface area contributed by atoms with E-state index in [1.165, 1.54) is 0 Å². The number of rotatable bonds is 2. The molecule has 82 valence electrons. The highest BCUT2D eigenvalue weighted by molar-refractivity contribution is 6.28. The van der Waals surface area contributed by atoms with Crippen molar-refractivity contribution < 1.29 is 9.59 Å². The van der Waals surface area contributed by atoms with Crippen LogP contribution in [0.15, 0.2) is 6.20 Å². The first-order valence-corrected chi connectivity index (χ1v) is 4.73. The van der Waals surface area contributed by atoms with Gasteiger partial charge in [-0.3, -0.25) is 14.8 Å². The van der Waals surface area contributed by atoms with Crippen LogP contribution in [0.1, 0.15) is 5.69 Å². The lowest BCUT2D eigenvalue weighted by Gasteiger charge is -2.03. The summed E-state index contributed by atoms with van der Waals surface area (Å²) in [7, 11) is 1.74. The van der Waals surface area contributed by atoms with E-state index in [-0.39, 0.29) is 5.88 Å². The largest absolute Gasteiger partial charge is 0.326 e. The summed E-state index contributed by atoms with van der Waals surface area (Å²) in [6.45, 7) is 1.75. The number of carbonyl (C=O) groups excluding carboxylic acids is 2. The minimum Gasteiger partial charge on any atom is -0.304 e. The molecule has 7 heteroatoms. The molecule has 1 aromatic rings. The molecule has 0 saturated carbocycles. The van der Waals surface area contributed by atoms with Crippen LogP contribution in [0.25, 0.3) is 0 Å². The number of hydrogen-bond donors (Lipinski definition) is 2. The van der Waals surface area contributed by atoms with E-state index in [2.05, 4.69) is 15.7 Å². The zero-order valence-corrected chi connectivity index (χ0v) is 9.13. The van der Waals surface area contributed by atoms with Gasteiger partial charge in [0.25, 0.3) is 0 Å². The molecular formula is C8H11ClN4O2. The van der Waals surface area contributed by atoms with Crippen molar-refractivity contribution >= 4 is 29.2 Å². The van der Waals surface area contributed by atoms with Crippen molar-refractivity contribution in [1.82, 2.24) is 15.1 Å². The van der Waals surface area contributed by atoms with E-state index in [0.29, 0.717) is 11.4 Å². The molecule has 3 amide bonds. The second-order valence-corrected chi connectivity index (χ2v) is 3.21. The Morgan fingerprint density at radius 1 is 1.60 bits per heavy atom. The first kappa shape index (κ1) is 11.5. The molecule has 0 spiro atoms. The molecule has 0 unspecified atom stereocenters. The lowest BCUT2D eigenvalue weighted by molar-refractivity contribution is -0.117. The van der Waals surface area contributed by atoms with E-state index in [9.17, 15) is 9.59 Å². The predicted molar refractivity (Wildman–Crippen MR) is 55.8 cm³/mol. The topological polar surface area (TPSA) is 76.0 Å². The summed E-state index contributed by atoms with van der Waals surface area (Å²) in [4.78, 5) is 22.0. The highest BCUT2D eigenvalue weighted by atomic mass is 35.5. The number of carbonyl (C=O) groups is 2. The Bertz CT molecular complexity index is 388. The first-order chi connectivity index (χ1) is 7.02. The van der Waals surface area contributed by atoms with Crippen molar-refractivity contribution in [2.24, 2.45) is 7.05 Å². The third-order valence-corrected chi connectivity index (χ3v) is 1.88. The minimum atomic E-state index is -0.614. The fourth-order valence-electron chi connectivity index (χ4n) is 1.04. The molecule has 15 heavy (non-hydrogen) atoms. The summed E-state index contributed by atoms with van der Waals surface area (Å²) in [5.41, 5.74) is 1.23. The Labute approximate surface area is 91.6 Å². The van der Waals surface area contributed by atoms with E-state index >= 15 is 0 Å². The number of halogens is 1. The zero-order valence-electron chi connectivity index (χ0n) is 8.37.